The van der Waals surface area contributed by atoms with Gasteiger partial charge in [0.2, 0.25) is 0 Å². The van der Waals surface area contributed by atoms with E-state index in [-0.39, 0.29) is 0 Å². The van der Waals surface area contributed by atoms with Gasteiger partial charge in [-0.1, -0.05) is 97.1 Å². The van der Waals surface area contributed by atoms with Gasteiger partial charge in [-0.15, -0.1) is 11.3 Å². The number of aromatic nitrogens is 2. The van der Waals surface area contributed by atoms with E-state index in [1.54, 1.807) is 11.3 Å². The molecule has 3 heterocycles. The Bertz CT molecular complexity index is 2470. The minimum atomic E-state index is 0.700. The molecule has 9 aromatic rings. The van der Waals surface area contributed by atoms with E-state index < -0.39 is 0 Å². The van der Waals surface area contributed by atoms with Crippen LogP contribution in [0.1, 0.15) is 0 Å². The molecule has 0 bridgehead atoms. The van der Waals surface area contributed by atoms with Gasteiger partial charge >= 0.3 is 0 Å². The molecule has 0 aliphatic heterocycles. The zero-order valence-electron chi connectivity index (χ0n) is 22.4. The summed E-state index contributed by atoms with van der Waals surface area (Å²) in [5.41, 5.74) is 7.13. The Labute approximate surface area is 245 Å². The second kappa shape index (κ2) is 9.10. The molecule has 3 aromatic heterocycles. The number of hydrogen-bond donors (Lipinski definition) is 0. The third-order valence-corrected chi connectivity index (χ3v) is 9.16. The lowest BCUT2D eigenvalue weighted by Gasteiger charge is -2.10. The smallest absolute Gasteiger partial charge is 0.161 e. The van der Waals surface area contributed by atoms with Crippen LogP contribution in [0.25, 0.3) is 86.8 Å². The standard InChI is InChI=1S/C38H22N2OS/c1-2-8-23(9-3-1)24-14-15-26-21-27(17-16-25(26)20-24)36-35-31-11-5-7-13-34(31)42-38(35)40-37(39-36)28-18-19-30-29-10-4-6-12-32(29)41-33(30)22-28/h1-22H. The van der Waals surface area contributed by atoms with Crippen molar-refractivity contribution in [2.75, 3.05) is 0 Å². The minimum absolute atomic E-state index is 0.700. The summed E-state index contributed by atoms with van der Waals surface area (Å²) < 4.78 is 7.41. The van der Waals surface area contributed by atoms with Gasteiger partial charge in [0.15, 0.2) is 5.82 Å². The monoisotopic (exact) mass is 554 g/mol. The normalized spacial score (nSPS) is 11.8. The number of benzene rings is 6. The number of fused-ring (bicyclic) bond motifs is 7. The fraction of sp³-hybridized carbons (Fsp3) is 0. The van der Waals surface area contributed by atoms with E-state index in [9.17, 15) is 0 Å². The third-order valence-electron chi connectivity index (χ3n) is 8.10. The van der Waals surface area contributed by atoms with Crippen molar-refractivity contribution in [2.24, 2.45) is 0 Å². The predicted octanol–water partition coefficient (Wildman–Crippen LogP) is 10.9. The molecule has 0 spiro atoms. The number of para-hydroxylation sites is 1. The SMILES string of the molecule is c1ccc(-c2ccc3cc(-c4nc(-c5ccc6c(c5)oc5ccccc56)nc5sc6ccccc6c45)ccc3c2)cc1. The van der Waals surface area contributed by atoms with Gasteiger partial charge in [-0.3, -0.25) is 0 Å². The van der Waals surface area contributed by atoms with Crippen LogP contribution in [0, 0.1) is 0 Å². The van der Waals surface area contributed by atoms with Crippen molar-refractivity contribution < 1.29 is 4.42 Å². The van der Waals surface area contributed by atoms with Crippen LogP contribution in [-0.4, -0.2) is 9.97 Å². The van der Waals surface area contributed by atoms with E-state index in [0.717, 1.165) is 49.0 Å². The largest absolute Gasteiger partial charge is 0.456 e. The van der Waals surface area contributed by atoms with Crippen LogP contribution < -0.4 is 0 Å². The highest BCUT2D eigenvalue weighted by molar-refractivity contribution is 7.25. The summed E-state index contributed by atoms with van der Waals surface area (Å²) in [4.78, 5) is 11.3. The van der Waals surface area contributed by atoms with Crippen LogP contribution in [0.4, 0.5) is 0 Å². The maximum atomic E-state index is 6.20. The van der Waals surface area contributed by atoms with Gasteiger partial charge in [0.1, 0.15) is 16.0 Å². The number of rotatable bonds is 3. The molecule has 0 N–H and O–H groups in total. The number of hydrogen-bond acceptors (Lipinski definition) is 4. The molecule has 196 valence electrons. The van der Waals surface area contributed by atoms with Crippen LogP contribution >= 0.6 is 11.3 Å². The van der Waals surface area contributed by atoms with E-state index in [0.29, 0.717) is 5.82 Å². The molecule has 0 unspecified atom stereocenters. The van der Waals surface area contributed by atoms with E-state index in [4.69, 9.17) is 14.4 Å². The Morgan fingerprint density at radius 2 is 1.17 bits per heavy atom. The molecule has 6 aromatic carbocycles. The molecule has 42 heavy (non-hydrogen) atoms. The second-order valence-electron chi connectivity index (χ2n) is 10.6. The zero-order valence-corrected chi connectivity index (χ0v) is 23.2. The fourth-order valence-corrected chi connectivity index (χ4v) is 7.11. The van der Waals surface area contributed by atoms with Crippen LogP contribution in [0.15, 0.2) is 138 Å². The van der Waals surface area contributed by atoms with Crippen molar-refractivity contribution in [3.05, 3.63) is 133 Å². The summed E-state index contributed by atoms with van der Waals surface area (Å²) in [6.07, 6.45) is 0. The molecule has 0 fully saturated rings. The second-order valence-corrected chi connectivity index (χ2v) is 11.7. The number of nitrogens with zero attached hydrogens (tertiary/aromatic N) is 2. The molecule has 9 rings (SSSR count). The van der Waals surface area contributed by atoms with Crippen LogP contribution in [0.2, 0.25) is 0 Å². The van der Waals surface area contributed by atoms with E-state index in [1.807, 2.05) is 18.2 Å². The van der Waals surface area contributed by atoms with Gasteiger partial charge in [-0.25, -0.2) is 9.97 Å². The number of thiophene rings is 1. The van der Waals surface area contributed by atoms with Gasteiger partial charge in [-0.05, 0) is 58.3 Å². The summed E-state index contributed by atoms with van der Waals surface area (Å²) in [5, 5.41) is 6.89. The summed E-state index contributed by atoms with van der Waals surface area (Å²) in [6.45, 7) is 0. The predicted molar refractivity (Wildman–Crippen MR) is 176 cm³/mol. The Morgan fingerprint density at radius 1 is 0.476 bits per heavy atom. The van der Waals surface area contributed by atoms with E-state index >= 15 is 0 Å². The summed E-state index contributed by atoms with van der Waals surface area (Å²) >= 11 is 1.72. The Hall–Kier alpha value is -5.32. The Kier molecular flexibility index (Phi) is 5.07. The Morgan fingerprint density at radius 3 is 2.05 bits per heavy atom. The van der Waals surface area contributed by atoms with Crippen molar-refractivity contribution in [3.63, 3.8) is 0 Å². The van der Waals surface area contributed by atoms with Crippen LogP contribution in [0.5, 0.6) is 0 Å². The molecule has 0 saturated heterocycles. The Balaban J connectivity index is 1.25. The molecule has 0 aliphatic carbocycles. The highest BCUT2D eigenvalue weighted by atomic mass is 32.1. The maximum absolute atomic E-state index is 6.20. The van der Waals surface area contributed by atoms with E-state index in [2.05, 4.69) is 115 Å². The molecule has 0 saturated carbocycles. The van der Waals surface area contributed by atoms with Gasteiger partial charge in [0.25, 0.3) is 0 Å². The maximum Gasteiger partial charge on any atom is 0.161 e. The summed E-state index contributed by atoms with van der Waals surface area (Å²) in [6, 6.07) is 46.8. The van der Waals surface area contributed by atoms with Crippen molar-refractivity contribution in [2.45, 2.75) is 0 Å². The quantitative estimate of drug-likeness (QED) is 0.218. The van der Waals surface area contributed by atoms with Gasteiger partial charge < -0.3 is 4.42 Å². The first-order valence-electron chi connectivity index (χ1n) is 14.0. The first-order chi connectivity index (χ1) is 20.8. The topological polar surface area (TPSA) is 38.9 Å². The van der Waals surface area contributed by atoms with Gasteiger partial charge in [-0.2, -0.15) is 0 Å². The molecule has 0 aliphatic rings. The average molecular weight is 555 g/mol. The van der Waals surface area contributed by atoms with Crippen molar-refractivity contribution in [1.82, 2.24) is 9.97 Å². The van der Waals surface area contributed by atoms with E-state index in [1.165, 1.54) is 32.0 Å². The third kappa shape index (κ3) is 3.66. The summed E-state index contributed by atoms with van der Waals surface area (Å²) in [5.74, 6) is 0.700. The molecule has 3 nitrogen and oxygen atoms in total. The molecule has 4 heteroatoms. The van der Waals surface area contributed by atoms with Crippen LogP contribution in [0.3, 0.4) is 0 Å². The highest BCUT2D eigenvalue weighted by Crippen LogP contribution is 2.41. The van der Waals surface area contributed by atoms with Crippen molar-refractivity contribution >= 4 is 64.4 Å². The lowest BCUT2D eigenvalue weighted by Crippen LogP contribution is -1.94. The molecular weight excluding hydrogens is 532 g/mol. The average Bonchev–Trinajstić information content (AvgIpc) is 3.62. The number of furan rings is 1. The summed E-state index contributed by atoms with van der Waals surface area (Å²) in [7, 11) is 0. The molecule has 0 amide bonds. The zero-order chi connectivity index (χ0) is 27.6. The molecule has 0 radical (unpaired) electrons. The molecule has 0 atom stereocenters. The lowest BCUT2D eigenvalue weighted by atomic mass is 9.98. The lowest BCUT2D eigenvalue weighted by molar-refractivity contribution is 0.669. The molecular formula is C38H22N2OS. The van der Waals surface area contributed by atoms with Gasteiger partial charge in [0, 0.05) is 37.4 Å². The fourth-order valence-electron chi connectivity index (χ4n) is 6.03. The van der Waals surface area contributed by atoms with Crippen LogP contribution in [-0.2, 0) is 0 Å². The van der Waals surface area contributed by atoms with Crippen molar-refractivity contribution in [1.29, 1.82) is 0 Å². The highest BCUT2D eigenvalue weighted by Gasteiger charge is 2.18. The van der Waals surface area contributed by atoms with Crippen molar-refractivity contribution in [3.8, 4) is 33.8 Å². The van der Waals surface area contributed by atoms with Gasteiger partial charge in [0.05, 0.1) is 5.69 Å². The first kappa shape index (κ1) is 23.4. The first-order valence-corrected chi connectivity index (χ1v) is 14.8. The minimum Gasteiger partial charge on any atom is -0.456 e.